The van der Waals surface area contributed by atoms with E-state index >= 15 is 0 Å². The van der Waals surface area contributed by atoms with E-state index in [-0.39, 0.29) is 24.2 Å². The highest BCUT2D eigenvalue weighted by atomic mass is 16.5. The third-order valence-electron chi connectivity index (χ3n) is 5.37. The number of fused-ring (bicyclic) bond motifs is 1. The molecule has 1 aromatic rings. The Balaban J connectivity index is 2.11. The van der Waals surface area contributed by atoms with Crippen molar-refractivity contribution in [3.05, 3.63) is 29.3 Å². The van der Waals surface area contributed by atoms with Crippen molar-refractivity contribution in [1.82, 2.24) is 4.90 Å². The number of ether oxygens (including phenoxy) is 2. The fourth-order valence-corrected chi connectivity index (χ4v) is 3.72. The SMILES string of the molecule is CC[C@]1(C)CC(=O)N([C@H]2c3cc(C(N)=O)ccc3OC[C@@H]2COC)C(N)=N1. The molecule has 3 atom stereocenters. The summed E-state index contributed by atoms with van der Waals surface area (Å²) in [7, 11) is 1.59. The molecule has 0 saturated heterocycles. The lowest BCUT2D eigenvalue weighted by molar-refractivity contribution is -0.133. The molecule has 8 heteroatoms. The number of amides is 2. The van der Waals surface area contributed by atoms with Crippen LogP contribution in [-0.4, -0.2) is 48.5 Å². The first-order chi connectivity index (χ1) is 12.8. The molecule has 0 spiro atoms. The van der Waals surface area contributed by atoms with Gasteiger partial charge in [0, 0.05) is 24.2 Å². The number of carbonyl (C=O) groups excluding carboxylic acids is 2. The van der Waals surface area contributed by atoms with E-state index in [4.69, 9.17) is 20.9 Å². The van der Waals surface area contributed by atoms with Gasteiger partial charge in [-0.15, -0.1) is 0 Å². The lowest BCUT2D eigenvalue weighted by Crippen LogP contribution is -2.55. The summed E-state index contributed by atoms with van der Waals surface area (Å²) < 4.78 is 11.2. The first-order valence-electron chi connectivity index (χ1n) is 9.02. The minimum absolute atomic E-state index is 0.102. The van der Waals surface area contributed by atoms with Crippen molar-refractivity contribution in [1.29, 1.82) is 0 Å². The van der Waals surface area contributed by atoms with Gasteiger partial charge in [0.05, 0.1) is 31.2 Å². The van der Waals surface area contributed by atoms with Crippen molar-refractivity contribution >= 4 is 17.8 Å². The van der Waals surface area contributed by atoms with Crippen LogP contribution in [-0.2, 0) is 9.53 Å². The van der Waals surface area contributed by atoms with Crippen molar-refractivity contribution < 1.29 is 19.1 Å². The normalized spacial score (nSPS) is 27.6. The molecule has 1 aromatic carbocycles. The van der Waals surface area contributed by atoms with Crippen LogP contribution in [0.4, 0.5) is 0 Å². The van der Waals surface area contributed by atoms with E-state index in [2.05, 4.69) is 4.99 Å². The largest absolute Gasteiger partial charge is 0.493 e. The van der Waals surface area contributed by atoms with Gasteiger partial charge in [0.15, 0.2) is 5.96 Å². The zero-order chi connectivity index (χ0) is 19.8. The van der Waals surface area contributed by atoms with Crippen LogP contribution in [0.2, 0.25) is 0 Å². The quantitative estimate of drug-likeness (QED) is 0.802. The number of nitrogens with zero attached hydrogens (tertiary/aromatic N) is 2. The van der Waals surface area contributed by atoms with Gasteiger partial charge in [-0.1, -0.05) is 6.92 Å². The minimum atomic E-state index is -0.546. The number of hydrogen-bond acceptors (Lipinski definition) is 6. The van der Waals surface area contributed by atoms with E-state index in [9.17, 15) is 9.59 Å². The highest BCUT2D eigenvalue weighted by molar-refractivity contribution is 6.00. The number of carbonyl (C=O) groups is 2. The summed E-state index contributed by atoms with van der Waals surface area (Å²) in [6.45, 7) is 4.64. The second kappa shape index (κ2) is 7.19. The van der Waals surface area contributed by atoms with Gasteiger partial charge in [-0.25, -0.2) is 4.99 Å². The molecule has 2 heterocycles. The average Bonchev–Trinajstić information content (AvgIpc) is 2.62. The predicted molar refractivity (Wildman–Crippen MR) is 100 cm³/mol. The molecule has 2 amide bonds. The van der Waals surface area contributed by atoms with Crippen molar-refractivity contribution in [2.24, 2.45) is 22.4 Å². The van der Waals surface area contributed by atoms with Crippen LogP contribution >= 0.6 is 0 Å². The number of methoxy groups -OCH3 is 1. The highest BCUT2D eigenvalue weighted by Crippen LogP contribution is 2.42. The zero-order valence-electron chi connectivity index (χ0n) is 15.9. The Morgan fingerprint density at radius 2 is 2.22 bits per heavy atom. The molecule has 2 aliphatic heterocycles. The molecule has 4 N–H and O–H groups in total. The van der Waals surface area contributed by atoms with Crippen LogP contribution in [0, 0.1) is 5.92 Å². The Labute approximate surface area is 158 Å². The Bertz CT molecular complexity index is 794. The molecular weight excluding hydrogens is 348 g/mol. The van der Waals surface area contributed by atoms with Crippen molar-refractivity contribution in [2.45, 2.75) is 38.3 Å². The lowest BCUT2D eigenvalue weighted by Gasteiger charge is -2.43. The number of primary amides is 1. The Morgan fingerprint density at radius 3 is 2.81 bits per heavy atom. The molecule has 0 fully saturated rings. The summed E-state index contributed by atoms with van der Waals surface area (Å²) in [6, 6.07) is 4.53. The van der Waals surface area contributed by atoms with Crippen molar-refractivity contribution in [3.8, 4) is 5.75 Å². The summed E-state index contributed by atoms with van der Waals surface area (Å²) in [5.41, 5.74) is 12.2. The van der Waals surface area contributed by atoms with Gasteiger partial charge in [-0.3, -0.25) is 14.5 Å². The number of guanidine groups is 1. The monoisotopic (exact) mass is 374 g/mol. The van der Waals surface area contributed by atoms with E-state index in [1.165, 1.54) is 4.90 Å². The van der Waals surface area contributed by atoms with E-state index in [1.54, 1.807) is 25.3 Å². The van der Waals surface area contributed by atoms with Crippen LogP contribution in [0.3, 0.4) is 0 Å². The summed E-state index contributed by atoms with van der Waals surface area (Å²) in [6.07, 6.45) is 0.983. The predicted octanol–water partition coefficient (Wildman–Crippen LogP) is 1.20. The molecule has 0 aliphatic carbocycles. The van der Waals surface area contributed by atoms with Gasteiger partial charge in [-0.2, -0.15) is 0 Å². The standard InChI is InChI=1S/C19H26N4O4/c1-4-19(2)8-15(24)23(18(21)22-19)16-12(9-26-3)10-27-14-6-5-11(17(20)25)7-13(14)16/h5-7,12,16H,4,8-10H2,1-3H3,(H2,20,25)(H2,21,22)/t12-,16+,19+/m0/s1. The number of aliphatic imine (C=N–C) groups is 1. The summed E-state index contributed by atoms with van der Waals surface area (Å²) in [4.78, 5) is 30.8. The van der Waals surface area contributed by atoms with Gasteiger partial charge in [0.1, 0.15) is 5.75 Å². The van der Waals surface area contributed by atoms with Gasteiger partial charge in [0.2, 0.25) is 11.8 Å². The topological polar surface area (TPSA) is 120 Å². The summed E-state index contributed by atoms with van der Waals surface area (Å²) in [5, 5.41) is 0. The fraction of sp³-hybridized carbons (Fsp3) is 0.526. The van der Waals surface area contributed by atoms with Crippen molar-refractivity contribution in [3.63, 3.8) is 0 Å². The molecule has 0 unspecified atom stereocenters. The lowest BCUT2D eigenvalue weighted by atomic mass is 9.86. The molecule has 0 saturated carbocycles. The first kappa shape index (κ1) is 19.2. The fourth-order valence-electron chi connectivity index (χ4n) is 3.72. The Morgan fingerprint density at radius 1 is 1.48 bits per heavy atom. The van der Waals surface area contributed by atoms with Crippen LogP contribution in [0.25, 0.3) is 0 Å². The third-order valence-corrected chi connectivity index (χ3v) is 5.37. The maximum absolute atomic E-state index is 13.0. The smallest absolute Gasteiger partial charge is 0.248 e. The van der Waals surface area contributed by atoms with Crippen LogP contribution in [0.1, 0.15) is 48.7 Å². The summed E-state index contributed by atoms with van der Waals surface area (Å²) in [5.74, 6) is -0.0269. The van der Waals surface area contributed by atoms with Gasteiger partial charge >= 0.3 is 0 Å². The molecular formula is C19H26N4O4. The van der Waals surface area contributed by atoms with E-state index in [1.807, 2.05) is 13.8 Å². The Kier molecular flexibility index (Phi) is 5.10. The third kappa shape index (κ3) is 3.49. The van der Waals surface area contributed by atoms with Crippen LogP contribution in [0.15, 0.2) is 23.2 Å². The van der Waals surface area contributed by atoms with Crippen LogP contribution in [0.5, 0.6) is 5.75 Å². The first-order valence-corrected chi connectivity index (χ1v) is 9.02. The zero-order valence-corrected chi connectivity index (χ0v) is 15.9. The number of hydrogen-bond donors (Lipinski definition) is 2. The van der Waals surface area contributed by atoms with Gasteiger partial charge in [0.25, 0.3) is 0 Å². The summed E-state index contributed by atoms with van der Waals surface area (Å²) >= 11 is 0. The Hall–Kier alpha value is -2.61. The maximum Gasteiger partial charge on any atom is 0.248 e. The van der Waals surface area contributed by atoms with Gasteiger partial charge in [-0.05, 0) is 31.5 Å². The molecule has 0 aromatic heterocycles. The molecule has 146 valence electrons. The van der Waals surface area contributed by atoms with E-state index in [0.29, 0.717) is 36.5 Å². The molecule has 27 heavy (non-hydrogen) atoms. The molecule has 0 bridgehead atoms. The van der Waals surface area contributed by atoms with Gasteiger partial charge < -0.3 is 20.9 Å². The van der Waals surface area contributed by atoms with E-state index in [0.717, 1.165) is 0 Å². The second-order valence-corrected chi connectivity index (χ2v) is 7.35. The highest BCUT2D eigenvalue weighted by Gasteiger charge is 2.44. The molecule has 0 radical (unpaired) electrons. The number of benzene rings is 1. The van der Waals surface area contributed by atoms with Crippen LogP contribution < -0.4 is 16.2 Å². The van der Waals surface area contributed by atoms with Crippen molar-refractivity contribution in [2.75, 3.05) is 20.3 Å². The van der Waals surface area contributed by atoms with E-state index < -0.39 is 17.5 Å². The minimum Gasteiger partial charge on any atom is -0.493 e. The number of rotatable bonds is 5. The second-order valence-electron chi connectivity index (χ2n) is 7.35. The number of nitrogens with two attached hydrogens (primary N) is 2. The molecule has 8 nitrogen and oxygen atoms in total. The molecule has 2 aliphatic rings. The maximum atomic E-state index is 13.0. The molecule has 3 rings (SSSR count). The average molecular weight is 374 g/mol.